The Morgan fingerprint density at radius 2 is 2.00 bits per heavy atom. The summed E-state index contributed by atoms with van der Waals surface area (Å²) in [4.78, 5) is 0.790. The highest BCUT2D eigenvalue weighted by Gasteiger charge is 2.32. The van der Waals surface area contributed by atoms with E-state index in [1.807, 2.05) is 6.26 Å². The van der Waals surface area contributed by atoms with Crippen LogP contribution in [0, 0.1) is 0 Å². The van der Waals surface area contributed by atoms with Crippen LogP contribution in [0.25, 0.3) is 0 Å². The molecule has 0 fully saturated rings. The van der Waals surface area contributed by atoms with Gasteiger partial charge in [-0.05, 0) is 30.0 Å². The Morgan fingerprint density at radius 3 is 2.43 bits per heavy atom. The molecular weight excluding hydrogens is 211 g/mol. The van der Waals surface area contributed by atoms with Gasteiger partial charge in [0.25, 0.3) is 0 Å². The first-order valence-corrected chi connectivity index (χ1v) is 5.15. The second-order valence-electron chi connectivity index (χ2n) is 2.72. The second kappa shape index (κ2) is 4.23. The normalized spacial score (nSPS) is 11.8. The lowest BCUT2D eigenvalue weighted by atomic mass is 10.1. The maximum absolute atomic E-state index is 12.4. The molecule has 0 aliphatic carbocycles. The maximum atomic E-state index is 12.4. The molecule has 1 nitrogen and oxygen atoms in total. The molecule has 1 aromatic carbocycles. The highest BCUT2D eigenvalue weighted by atomic mass is 32.2. The van der Waals surface area contributed by atoms with Crippen molar-refractivity contribution in [2.45, 2.75) is 17.6 Å². The van der Waals surface area contributed by atoms with Crippen molar-refractivity contribution in [2.75, 3.05) is 6.26 Å². The first-order chi connectivity index (χ1) is 6.49. The molecule has 0 heterocycles. The van der Waals surface area contributed by atoms with Crippen LogP contribution in [0.4, 0.5) is 13.2 Å². The highest BCUT2D eigenvalue weighted by Crippen LogP contribution is 2.33. The Morgan fingerprint density at radius 1 is 1.36 bits per heavy atom. The van der Waals surface area contributed by atoms with Crippen LogP contribution in [0.5, 0.6) is 0 Å². The van der Waals surface area contributed by atoms with Crippen LogP contribution < -0.4 is 5.73 Å². The molecule has 1 aromatic rings. The number of nitrogens with two attached hydrogens (primary N) is 1. The fourth-order valence-electron chi connectivity index (χ4n) is 1.14. The van der Waals surface area contributed by atoms with Crippen LogP contribution in [-0.4, -0.2) is 6.26 Å². The minimum atomic E-state index is -4.31. The van der Waals surface area contributed by atoms with E-state index in [0.29, 0.717) is 0 Å². The molecule has 0 unspecified atom stereocenters. The van der Waals surface area contributed by atoms with Gasteiger partial charge in [-0.25, -0.2) is 0 Å². The van der Waals surface area contributed by atoms with E-state index in [4.69, 9.17) is 5.73 Å². The molecule has 0 aromatic heterocycles. The largest absolute Gasteiger partial charge is 0.416 e. The average molecular weight is 221 g/mol. The van der Waals surface area contributed by atoms with Crippen molar-refractivity contribution in [3.63, 3.8) is 0 Å². The first kappa shape index (κ1) is 11.4. The van der Waals surface area contributed by atoms with Crippen molar-refractivity contribution in [3.8, 4) is 0 Å². The number of alkyl halides is 3. The molecule has 0 amide bonds. The van der Waals surface area contributed by atoms with E-state index < -0.39 is 11.7 Å². The third-order valence-electron chi connectivity index (χ3n) is 1.84. The van der Waals surface area contributed by atoms with Crippen molar-refractivity contribution in [1.29, 1.82) is 0 Å². The van der Waals surface area contributed by atoms with E-state index in [2.05, 4.69) is 0 Å². The van der Waals surface area contributed by atoms with Crippen LogP contribution in [0.15, 0.2) is 23.1 Å². The Labute approximate surface area is 84.5 Å². The summed E-state index contributed by atoms with van der Waals surface area (Å²) < 4.78 is 37.2. The third kappa shape index (κ3) is 2.42. The van der Waals surface area contributed by atoms with Gasteiger partial charge in [0.05, 0.1) is 5.56 Å². The zero-order chi connectivity index (χ0) is 10.8. The summed E-state index contributed by atoms with van der Waals surface area (Å²) in [5.74, 6) is 0. The lowest BCUT2D eigenvalue weighted by molar-refractivity contribution is -0.138. The Kier molecular flexibility index (Phi) is 3.44. The number of hydrogen-bond acceptors (Lipinski definition) is 2. The minimum Gasteiger partial charge on any atom is -0.326 e. The topological polar surface area (TPSA) is 26.0 Å². The summed E-state index contributed by atoms with van der Waals surface area (Å²) in [6.45, 7) is -0.0940. The van der Waals surface area contributed by atoms with Crippen molar-refractivity contribution in [1.82, 2.24) is 0 Å². The molecule has 0 saturated carbocycles. The van der Waals surface area contributed by atoms with Gasteiger partial charge < -0.3 is 5.73 Å². The summed E-state index contributed by atoms with van der Waals surface area (Å²) in [5, 5.41) is 0. The summed E-state index contributed by atoms with van der Waals surface area (Å²) in [7, 11) is 0. The lowest BCUT2D eigenvalue weighted by Crippen LogP contribution is -2.11. The quantitative estimate of drug-likeness (QED) is 0.777. The molecule has 1 rings (SSSR count). The van der Waals surface area contributed by atoms with Gasteiger partial charge in [-0.3, -0.25) is 0 Å². The van der Waals surface area contributed by atoms with Gasteiger partial charge in [0, 0.05) is 11.4 Å². The predicted molar refractivity (Wildman–Crippen MR) is 51.1 cm³/mol. The first-order valence-electron chi connectivity index (χ1n) is 3.93. The molecule has 0 spiro atoms. The van der Waals surface area contributed by atoms with Gasteiger partial charge in [-0.15, -0.1) is 11.8 Å². The zero-order valence-corrected chi connectivity index (χ0v) is 8.38. The van der Waals surface area contributed by atoms with E-state index in [9.17, 15) is 13.2 Å². The minimum absolute atomic E-state index is 0.0940. The highest BCUT2D eigenvalue weighted by molar-refractivity contribution is 7.98. The maximum Gasteiger partial charge on any atom is 0.416 e. The van der Waals surface area contributed by atoms with Crippen LogP contribution in [0.3, 0.4) is 0 Å². The van der Waals surface area contributed by atoms with Crippen molar-refractivity contribution in [3.05, 3.63) is 29.3 Å². The smallest absolute Gasteiger partial charge is 0.326 e. The number of benzene rings is 1. The van der Waals surface area contributed by atoms with Crippen LogP contribution in [0.2, 0.25) is 0 Å². The fraction of sp³-hybridized carbons (Fsp3) is 0.333. The van der Waals surface area contributed by atoms with Crippen molar-refractivity contribution in [2.24, 2.45) is 5.73 Å². The van der Waals surface area contributed by atoms with Crippen LogP contribution in [-0.2, 0) is 12.7 Å². The summed E-state index contributed by atoms with van der Waals surface area (Å²) >= 11 is 1.39. The molecule has 78 valence electrons. The number of thioether (sulfide) groups is 1. The molecule has 2 N–H and O–H groups in total. The van der Waals surface area contributed by atoms with Crippen molar-refractivity contribution < 1.29 is 13.2 Å². The predicted octanol–water partition coefficient (Wildman–Crippen LogP) is 2.89. The molecular formula is C9H10F3NS. The second-order valence-corrected chi connectivity index (χ2v) is 3.60. The molecule has 0 bridgehead atoms. The van der Waals surface area contributed by atoms with Crippen LogP contribution in [0.1, 0.15) is 11.1 Å². The van der Waals surface area contributed by atoms with Gasteiger partial charge in [0.1, 0.15) is 0 Å². The van der Waals surface area contributed by atoms with E-state index in [0.717, 1.165) is 11.0 Å². The Hall–Kier alpha value is -0.680. The third-order valence-corrected chi connectivity index (χ3v) is 2.56. The molecule has 5 heteroatoms. The number of halogens is 3. The molecule has 0 radical (unpaired) electrons. The van der Waals surface area contributed by atoms with Gasteiger partial charge >= 0.3 is 6.18 Å². The summed E-state index contributed by atoms with van der Waals surface area (Å²) in [6.07, 6.45) is -2.51. The zero-order valence-electron chi connectivity index (χ0n) is 7.56. The van der Waals surface area contributed by atoms with Gasteiger partial charge in [0.2, 0.25) is 0 Å². The molecule has 0 aliphatic rings. The van der Waals surface area contributed by atoms with E-state index >= 15 is 0 Å². The lowest BCUT2D eigenvalue weighted by Gasteiger charge is -2.12. The van der Waals surface area contributed by atoms with E-state index in [1.165, 1.54) is 23.9 Å². The van der Waals surface area contributed by atoms with Gasteiger partial charge in [-0.1, -0.05) is 0 Å². The summed E-state index contributed by atoms with van der Waals surface area (Å²) in [6, 6.07) is 4.01. The van der Waals surface area contributed by atoms with Crippen LogP contribution >= 0.6 is 11.8 Å². The fourth-order valence-corrected chi connectivity index (χ4v) is 1.61. The average Bonchev–Trinajstić information content (AvgIpc) is 2.15. The molecule has 0 atom stereocenters. The standard InChI is InChI=1S/C9H10F3NS/c1-14-7-2-3-8(9(10,11)12)6(4-7)5-13/h2-4H,5,13H2,1H3. The Balaban J connectivity index is 3.18. The van der Waals surface area contributed by atoms with E-state index in [1.54, 1.807) is 0 Å². The molecule has 0 saturated heterocycles. The van der Waals surface area contributed by atoms with Gasteiger partial charge in [0.15, 0.2) is 0 Å². The number of rotatable bonds is 2. The number of hydrogen-bond donors (Lipinski definition) is 1. The molecule has 0 aliphatic heterocycles. The SMILES string of the molecule is CSc1ccc(C(F)(F)F)c(CN)c1. The van der Waals surface area contributed by atoms with E-state index in [-0.39, 0.29) is 12.1 Å². The van der Waals surface area contributed by atoms with Crippen molar-refractivity contribution >= 4 is 11.8 Å². The summed E-state index contributed by atoms with van der Waals surface area (Å²) in [5.41, 5.74) is 4.76. The monoisotopic (exact) mass is 221 g/mol. The van der Waals surface area contributed by atoms with Gasteiger partial charge in [-0.2, -0.15) is 13.2 Å². The Bertz CT molecular complexity index is 322. The molecule has 14 heavy (non-hydrogen) atoms.